The van der Waals surface area contributed by atoms with Crippen LogP contribution in [-0.2, 0) is 0 Å². The van der Waals surface area contributed by atoms with E-state index in [9.17, 15) is 5.11 Å². The number of hydrogen-bond acceptors (Lipinski definition) is 5. The summed E-state index contributed by atoms with van der Waals surface area (Å²) < 4.78 is 6.33. The minimum absolute atomic E-state index is 0.124. The Morgan fingerprint density at radius 3 is 2.80 bits per heavy atom. The Kier molecular flexibility index (Phi) is 6.44. The van der Waals surface area contributed by atoms with E-state index in [2.05, 4.69) is 64.3 Å². The number of aliphatic hydroxyl groups excluding tert-OH is 1. The van der Waals surface area contributed by atoms with E-state index in [4.69, 9.17) is 4.74 Å². The monoisotopic (exact) mass is 487 g/mol. The Hall–Kier alpha value is -2.54. The third kappa shape index (κ3) is 5.06. The van der Waals surface area contributed by atoms with Gasteiger partial charge < -0.3 is 19.7 Å². The highest BCUT2D eigenvalue weighted by atomic mass is 32.2. The molecule has 2 aromatic carbocycles. The molecule has 35 heavy (non-hydrogen) atoms. The molecule has 4 aromatic rings. The van der Waals surface area contributed by atoms with Crippen LogP contribution in [0.25, 0.3) is 33.1 Å². The van der Waals surface area contributed by atoms with E-state index in [1.807, 2.05) is 18.0 Å². The van der Waals surface area contributed by atoms with Gasteiger partial charge in [-0.3, -0.25) is 0 Å². The van der Waals surface area contributed by atoms with Crippen molar-refractivity contribution in [3.63, 3.8) is 0 Å². The van der Waals surface area contributed by atoms with E-state index >= 15 is 0 Å². The van der Waals surface area contributed by atoms with Crippen LogP contribution in [0.2, 0.25) is 0 Å². The standard InChI is InChI=1S/C29H33N3O2S/c1-19-16-25-27-24(20-4-2-5-23(17-20)35-22-6-7-22)8-9-26(28(27)31-29(25)30-18-19)34-15-3-12-32-13-10-21(33)11-14-32/h2,4-5,8-9,16-18,21-22,33H,3,6-7,10-15H2,1H3,(H,30,31). The zero-order chi connectivity index (χ0) is 23.8. The number of fused-ring (bicyclic) bond motifs is 3. The van der Waals surface area contributed by atoms with Crippen molar-refractivity contribution in [3.05, 3.63) is 54.2 Å². The second-order valence-electron chi connectivity index (χ2n) is 10.0. The maximum absolute atomic E-state index is 9.72. The van der Waals surface area contributed by atoms with Gasteiger partial charge in [0.15, 0.2) is 0 Å². The molecule has 6 rings (SSSR count). The number of aryl methyl sites for hydroxylation is 1. The summed E-state index contributed by atoms with van der Waals surface area (Å²) in [4.78, 5) is 12.0. The lowest BCUT2D eigenvalue weighted by atomic mass is 9.99. The zero-order valence-corrected chi connectivity index (χ0v) is 21.1. The fourth-order valence-electron chi connectivity index (χ4n) is 5.05. The van der Waals surface area contributed by atoms with Crippen LogP contribution in [0.5, 0.6) is 5.75 Å². The molecule has 2 aromatic heterocycles. The molecule has 0 unspecified atom stereocenters. The summed E-state index contributed by atoms with van der Waals surface area (Å²) in [6.45, 7) is 5.73. The smallest absolute Gasteiger partial charge is 0.143 e. The lowest BCUT2D eigenvalue weighted by molar-refractivity contribution is 0.0800. The van der Waals surface area contributed by atoms with E-state index in [1.54, 1.807) is 0 Å². The Bertz CT molecular complexity index is 1340. The highest BCUT2D eigenvalue weighted by Crippen LogP contribution is 2.42. The molecule has 0 amide bonds. The third-order valence-corrected chi connectivity index (χ3v) is 8.44. The summed E-state index contributed by atoms with van der Waals surface area (Å²) in [5.41, 5.74) is 5.54. The first-order chi connectivity index (χ1) is 17.1. The van der Waals surface area contributed by atoms with Gasteiger partial charge in [-0.2, -0.15) is 0 Å². The highest BCUT2D eigenvalue weighted by Gasteiger charge is 2.23. The number of aromatic nitrogens is 2. The van der Waals surface area contributed by atoms with E-state index < -0.39 is 0 Å². The molecule has 3 heterocycles. The first-order valence-electron chi connectivity index (χ1n) is 12.9. The first-order valence-corrected chi connectivity index (χ1v) is 13.7. The number of piperidine rings is 1. The number of H-pyrrole nitrogens is 1. The molecule has 2 fully saturated rings. The summed E-state index contributed by atoms with van der Waals surface area (Å²) in [5, 5.41) is 12.8. The summed E-state index contributed by atoms with van der Waals surface area (Å²) >= 11 is 2.00. The average molecular weight is 488 g/mol. The van der Waals surface area contributed by atoms with E-state index in [0.29, 0.717) is 6.61 Å². The second-order valence-corrected chi connectivity index (χ2v) is 11.4. The van der Waals surface area contributed by atoms with Crippen LogP contribution in [0.4, 0.5) is 0 Å². The van der Waals surface area contributed by atoms with Crippen molar-refractivity contribution in [2.24, 2.45) is 0 Å². The van der Waals surface area contributed by atoms with Gasteiger partial charge in [-0.15, -0.1) is 11.8 Å². The lowest BCUT2D eigenvalue weighted by Crippen LogP contribution is -2.36. The van der Waals surface area contributed by atoms with E-state index in [0.717, 1.165) is 72.0 Å². The molecule has 1 saturated carbocycles. The van der Waals surface area contributed by atoms with Crippen molar-refractivity contribution < 1.29 is 9.84 Å². The van der Waals surface area contributed by atoms with Crippen LogP contribution in [0.3, 0.4) is 0 Å². The van der Waals surface area contributed by atoms with Gasteiger partial charge in [0.05, 0.1) is 18.2 Å². The van der Waals surface area contributed by atoms with Gasteiger partial charge in [-0.25, -0.2) is 4.98 Å². The molecule has 182 valence electrons. The van der Waals surface area contributed by atoms with Gasteiger partial charge in [0.25, 0.3) is 0 Å². The highest BCUT2D eigenvalue weighted by molar-refractivity contribution is 8.00. The number of ether oxygens (including phenoxy) is 1. The second kappa shape index (κ2) is 9.84. The van der Waals surface area contributed by atoms with E-state index in [-0.39, 0.29) is 6.10 Å². The van der Waals surface area contributed by atoms with Crippen molar-refractivity contribution in [1.82, 2.24) is 14.9 Å². The Morgan fingerprint density at radius 1 is 1.11 bits per heavy atom. The summed E-state index contributed by atoms with van der Waals surface area (Å²) in [6.07, 6.45) is 7.19. The van der Waals surface area contributed by atoms with Crippen LogP contribution < -0.4 is 4.74 Å². The zero-order valence-electron chi connectivity index (χ0n) is 20.3. The lowest BCUT2D eigenvalue weighted by Gasteiger charge is -2.29. The molecule has 6 heteroatoms. The number of likely N-dealkylation sites (tertiary alicyclic amines) is 1. The van der Waals surface area contributed by atoms with Gasteiger partial charge in [0, 0.05) is 46.7 Å². The van der Waals surface area contributed by atoms with Crippen molar-refractivity contribution >= 4 is 33.7 Å². The Balaban J connectivity index is 1.29. The minimum atomic E-state index is -0.124. The first kappa shape index (κ1) is 22.9. The molecule has 0 bridgehead atoms. The van der Waals surface area contributed by atoms with Gasteiger partial charge in [-0.05, 0) is 86.1 Å². The normalized spacial score (nSPS) is 17.4. The van der Waals surface area contributed by atoms with Crippen molar-refractivity contribution in [2.75, 3.05) is 26.2 Å². The van der Waals surface area contributed by atoms with Crippen LogP contribution in [0, 0.1) is 6.92 Å². The summed E-state index contributed by atoms with van der Waals surface area (Å²) in [5.74, 6) is 0.886. The SMILES string of the molecule is Cc1cnc2[nH]c3c(OCCCN4CCC(O)CC4)ccc(-c4cccc(SC5CC5)c4)c3c2c1. The predicted molar refractivity (Wildman–Crippen MR) is 144 cm³/mol. The van der Waals surface area contributed by atoms with Crippen molar-refractivity contribution in [2.45, 2.75) is 55.3 Å². The number of aromatic amines is 1. The van der Waals surface area contributed by atoms with Crippen molar-refractivity contribution in [1.29, 1.82) is 0 Å². The minimum Gasteiger partial charge on any atom is -0.491 e. The molecule has 1 saturated heterocycles. The molecular formula is C29H33N3O2S. The largest absolute Gasteiger partial charge is 0.491 e. The Labute approximate surface area is 210 Å². The molecule has 1 aliphatic heterocycles. The number of hydrogen-bond donors (Lipinski definition) is 2. The molecule has 5 nitrogen and oxygen atoms in total. The number of nitrogens with zero attached hydrogens (tertiary/aromatic N) is 2. The topological polar surface area (TPSA) is 61.4 Å². The fourth-order valence-corrected chi connectivity index (χ4v) is 6.16. The van der Waals surface area contributed by atoms with Crippen molar-refractivity contribution in [3.8, 4) is 16.9 Å². The molecule has 0 spiro atoms. The van der Waals surface area contributed by atoms with Gasteiger partial charge in [-0.1, -0.05) is 12.1 Å². The van der Waals surface area contributed by atoms with Crippen LogP contribution in [0.15, 0.2) is 53.6 Å². The quantitative estimate of drug-likeness (QED) is 0.291. The van der Waals surface area contributed by atoms with Crippen LogP contribution >= 0.6 is 11.8 Å². The van der Waals surface area contributed by atoms with E-state index in [1.165, 1.54) is 34.3 Å². The Morgan fingerprint density at radius 2 is 1.97 bits per heavy atom. The number of nitrogens with one attached hydrogen (secondary N) is 1. The predicted octanol–water partition coefficient (Wildman–Crippen LogP) is 6.17. The molecule has 0 atom stereocenters. The maximum Gasteiger partial charge on any atom is 0.143 e. The summed E-state index contributed by atoms with van der Waals surface area (Å²) in [7, 11) is 0. The molecule has 1 aliphatic carbocycles. The maximum atomic E-state index is 9.72. The van der Waals surface area contributed by atoms with Gasteiger partial charge in [0.2, 0.25) is 0 Å². The summed E-state index contributed by atoms with van der Waals surface area (Å²) in [6, 6.07) is 15.5. The van der Waals surface area contributed by atoms with Gasteiger partial charge in [0.1, 0.15) is 11.4 Å². The molecule has 2 N–H and O–H groups in total. The molecule has 2 aliphatic rings. The number of aliphatic hydroxyl groups is 1. The number of thioether (sulfide) groups is 1. The van der Waals surface area contributed by atoms with Gasteiger partial charge >= 0.3 is 0 Å². The average Bonchev–Trinajstić information content (AvgIpc) is 3.60. The number of benzene rings is 2. The fraction of sp³-hybridized carbons (Fsp3) is 0.414. The number of rotatable bonds is 8. The number of pyridine rings is 1. The third-order valence-electron chi connectivity index (χ3n) is 7.11. The molecular weight excluding hydrogens is 454 g/mol. The van der Waals surface area contributed by atoms with Crippen LogP contribution in [-0.4, -0.2) is 57.6 Å². The van der Waals surface area contributed by atoms with Crippen LogP contribution in [0.1, 0.15) is 37.7 Å². The molecule has 0 radical (unpaired) electrons.